The lowest BCUT2D eigenvalue weighted by Crippen LogP contribution is -2.58. The summed E-state index contributed by atoms with van der Waals surface area (Å²) < 4.78 is 13.1. The molecule has 196 valence electrons. The van der Waals surface area contributed by atoms with Crippen molar-refractivity contribution < 1.29 is 14.0 Å². The van der Waals surface area contributed by atoms with Crippen LogP contribution in [0.2, 0.25) is 0 Å². The van der Waals surface area contributed by atoms with Crippen LogP contribution in [0, 0.1) is 5.82 Å². The largest absolute Gasteiger partial charge is 0.367 e. The normalized spacial score (nSPS) is 21.8. The van der Waals surface area contributed by atoms with Crippen molar-refractivity contribution in [2.45, 2.75) is 50.4 Å². The fraction of sp³-hybridized carbons (Fsp3) is 0.522. The summed E-state index contributed by atoms with van der Waals surface area (Å²) >= 11 is 6.78. The molecule has 13 heteroatoms. The number of pyridine rings is 1. The van der Waals surface area contributed by atoms with E-state index < -0.39 is 11.7 Å². The third-order valence-corrected chi connectivity index (χ3v) is 7.86. The summed E-state index contributed by atoms with van der Waals surface area (Å²) in [5.74, 6) is -1.02. The standard InChI is InChI=1S/C23H30FN7O2S2.ClH/c1-30(2)14-5-6-15(27-22(34)20(32)29-19-7-4-13(24)11-25-19)17(10-14)26-21(33)23-28-16-8-9-31(3)12-18(16)35-23;/h4,7,11,14-15,17H,5-6,8-10,12H2,1-3H3,(H,26,33)(H,27,34)(H,25,29,32);1H/t14-,15-,17+;/m0./s1. The minimum atomic E-state index is -0.532. The number of likely N-dealkylation sites (N-methyl/N-ethyl adjacent to an activating group) is 1. The molecule has 0 bridgehead atoms. The minimum Gasteiger partial charge on any atom is -0.367 e. The number of fused-ring (bicyclic) bond motifs is 1. The maximum absolute atomic E-state index is 13.2. The number of aromatic nitrogens is 2. The molecule has 0 unspecified atom stereocenters. The molecule has 1 aliphatic carbocycles. The van der Waals surface area contributed by atoms with Crippen LogP contribution < -0.4 is 16.0 Å². The van der Waals surface area contributed by atoms with Gasteiger partial charge < -0.3 is 25.8 Å². The number of hydrogen-bond acceptors (Lipinski definition) is 8. The van der Waals surface area contributed by atoms with E-state index >= 15 is 0 Å². The van der Waals surface area contributed by atoms with Crippen LogP contribution in [0.3, 0.4) is 0 Å². The first-order chi connectivity index (χ1) is 16.7. The molecule has 0 aromatic carbocycles. The molecule has 2 aromatic heterocycles. The topological polar surface area (TPSA) is 102 Å². The maximum Gasteiger partial charge on any atom is 0.284 e. The van der Waals surface area contributed by atoms with Gasteiger partial charge in [-0.1, -0.05) is 12.2 Å². The Bertz CT molecular complexity index is 1100. The Morgan fingerprint density at radius 3 is 2.69 bits per heavy atom. The molecule has 2 aliphatic rings. The van der Waals surface area contributed by atoms with Crippen LogP contribution in [-0.4, -0.2) is 82.4 Å². The Kier molecular flexibility index (Phi) is 9.70. The molecular formula is C23H31ClFN7O2S2. The first-order valence-electron chi connectivity index (χ1n) is 11.6. The van der Waals surface area contributed by atoms with Gasteiger partial charge in [-0.2, -0.15) is 0 Å². The van der Waals surface area contributed by atoms with Crippen LogP contribution in [0.4, 0.5) is 10.2 Å². The number of carbonyl (C=O) groups excluding carboxylic acids is 2. The molecular weight excluding hydrogens is 525 g/mol. The average molecular weight is 556 g/mol. The highest BCUT2D eigenvalue weighted by molar-refractivity contribution is 7.82. The van der Waals surface area contributed by atoms with E-state index in [9.17, 15) is 14.0 Å². The van der Waals surface area contributed by atoms with Crippen molar-refractivity contribution in [2.24, 2.45) is 0 Å². The maximum atomic E-state index is 13.2. The SMILES string of the molecule is CN1CCc2nc(C(=O)N[C@@H]3C[C@@H](N(C)C)CC[C@@H]3NC(=S)C(=O)Nc3ccc(F)cn3)sc2C1.Cl. The van der Waals surface area contributed by atoms with Crippen LogP contribution in [0.1, 0.15) is 39.6 Å². The van der Waals surface area contributed by atoms with E-state index in [1.807, 2.05) is 14.1 Å². The van der Waals surface area contributed by atoms with Gasteiger partial charge in [0.2, 0.25) is 0 Å². The van der Waals surface area contributed by atoms with Gasteiger partial charge in [-0.15, -0.1) is 23.7 Å². The fourth-order valence-corrected chi connectivity index (χ4v) is 5.75. The van der Waals surface area contributed by atoms with Gasteiger partial charge in [-0.05, 0) is 52.5 Å². The van der Waals surface area contributed by atoms with E-state index in [0.29, 0.717) is 17.5 Å². The van der Waals surface area contributed by atoms with Crippen molar-refractivity contribution in [3.63, 3.8) is 0 Å². The smallest absolute Gasteiger partial charge is 0.284 e. The molecule has 1 aliphatic heterocycles. The summed E-state index contributed by atoms with van der Waals surface area (Å²) in [5.41, 5.74) is 1.01. The highest BCUT2D eigenvalue weighted by Crippen LogP contribution is 2.26. The highest BCUT2D eigenvalue weighted by atomic mass is 35.5. The summed E-state index contributed by atoms with van der Waals surface area (Å²) in [5, 5.41) is 9.32. The number of anilines is 1. The Hall–Kier alpha value is -2.25. The zero-order valence-electron chi connectivity index (χ0n) is 20.4. The van der Waals surface area contributed by atoms with Gasteiger partial charge in [-0.3, -0.25) is 9.59 Å². The predicted octanol–water partition coefficient (Wildman–Crippen LogP) is 2.22. The third-order valence-electron chi connectivity index (χ3n) is 6.48. The number of thiazole rings is 1. The molecule has 2 aromatic rings. The number of thiocarbonyl (C=S) groups is 1. The molecule has 0 saturated heterocycles. The zero-order valence-corrected chi connectivity index (χ0v) is 22.9. The summed E-state index contributed by atoms with van der Waals surface area (Å²) in [7, 11) is 6.11. The molecule has 9 nitrogen and oxygen atoms in total. The summed E-state index contributed by atoms with van der Waals surface area (Å²) in [6.07, 6.45) is 4.22. The molecule has 4 rings (SSSR count). The molecule has 1 saturated carbocycles. The van der Waals surface area contributed by atoms with Gasteiger partial charge in [-0.25, -0.2) is 14.4 Å². The van der Waals surface area contributed by atoms with E-state index in [0.717, 1.165) is 49.1 Å². The molecule has 36 heavy (non-hydrogen) atoms. The van der Waals surface area contributed by atoms with Gasteiger partial charge in [0.25, 0.3) is 11.8 Å². The van der Waals surface area contributed by atoms with Crippen LogP contribution in [-0.2, 0) is 17.8 Å². The summed E-state index contributed by atoms with van der Waals surface area (Å²) in [6.45, 7) is 1.74. The van der Waals surface area contributed by atoms with Gasteiger partial charge in [0.1, 0.15) is 11.6 Å². The molecule has 0 radical (unpaired) electrons. The monoisotopic (exact) mass is 555 g/mol. The van der Waals surface area contributed by atoms with Crippen LogP contribution in [0.25, 0.3) is 0 Å². The second kappa shape index (κ2) is 12.3. The molecule has 2 amide bonds. The average Bonchev–Trinajstić information content (AvgIpc) is 3.25. The molecule has 1 fully saturated rings. The fourth-order valence-electron chi connectivity index (χ4n) is 4.46. The predicted molar refractivity (Wildman–Crippen MR) is 144 cm³/mol. The minimum absolute atomic E-state index is 0. The van der Waals surface area contributed by atoms with E-state index in [2.05, 4.69) is 42.8 Å². The van der Waals surface area contributed by atoms with Crippen LogP contribution in [0.15, 0.2) is 18.3 Å². The van der Waals surface area contributed by atoms with Crippen molar-refractivity contribution in [1.29, 1.82) is 0 Å². The molecule has 3 atom stereocenters. The molecule has 0 spiro atoms. The third kappa shape index (κ3) is 6.94. The van der Waals surface area contributed by atoms with Crippen molar-refractivity contribution in [3.05, 3.63) is 39.7 Å². The number of rotatable bonds is 5. The molecule has 3 heterocycles. The van der Waals surface area contributed by atoms with Gasteiger partial charge in [0, 0.05) is 36.5 Å². The number of carbonyl (C=O) groups is 2. The van der Waals surface area contributed by atoms with Crippen molar-refractivity contribution in [3.8, 4) is 0 Å². The number of nitrogens with one attached hydrogen (secondary N) is 3. The van der Waals surface area contributed by atoms with Crippen molar-refractivity contribution in [2.75, 3.05) is 33.0 Å². The van der Waals surface area contributed by atoms with Gasteiger partial charge in [0.15, 0.2) is 10.00 Å². The van der Waals surface area contributed by atoms with Crippen LogP contribution >= 0.6 is 36.0 Å². The first-order valence-corrected chi connectivity index (χ1v) is 12.8. The Balaban J connectivity index is 0.00000361. The summed E-state index contributed by atoms with van der Waals surface area (Å²) in [6, 6.07) is 2.42. The van der Waals surface area contributed by atoms with Gasteiger partial charge in [0.05, 0.1) is 17.9 Å². The van der Waals surface area contributed by atoms with E-state index in [4.69, 9.17) is 12.2 Å². The Labute approximate surface area is 225 Å². The number of nitrogens with zero attached hydrogens (tertiary/aromatic N) is 4. The lowest BCUT2D eigenvalue weighted by molar-refractivity contribution is -0.110. The van der Waals surface area contributed by atoms with Crippen LogP contribution in [0.5, 0.6) is 0 Å². The lowest BCUT2D eigenvalue weighted by Gasteiger charge is -2.39. The van der Waals surface area contributed by atoms with Gasteiger partial charge >= 0.3 is 0 Å². The van der Waals surface area contributed by atoms with E-state index in [1.165, 1.54) is 23.5 Å². The Morgan fingerprint density at radius 1 is 1.22 bits per heavy atom. The van der Waals surface area contributed by atoms with E-state index in [-0.39, 0.29) is 41.2 Å². The first kappa shape index (κ1) is 28.3. The van der Waals surface area contributed by atoms with Crippen molar-refractivity contribution >= 4 is 58.6 Å². The van der Waals surface area contributed by atoms with E-state index in [1.54, 1.807) is 0 Å². The number of hydrogen-bond donors (Lipinski definition) is 3. The summed E-state index contributed by atoms with van der Waals surface area (Å²) in [4.78, 5) is 39.7. The Morgan fingerprint density at radius 2 is 2.00 bits per heavy atom. The highest BCUT2D eigenvalue weighted by Gasteiger charge is 2.34. The second-order valence-corrected chi connectivity index (χ2v) is 10.8. The lowest BCUT2D eigenvalue weighted by atomic mass is 9.86. The number of halogens is 2. The number of amides is 2. The quantitative estimate of drug-likeness (QED) is 0.483. The van der Waals surface area contributed by atoms with Crippen molar-refractivity contribution in [1.82, 2.24) is 30.4 Å². The zero-order chi connectivity index (χ0) is 25.1. The molecule has 3 N–H and O–H groups in total. The second-order valence-electron chi connectivity index (χ2n) is 9.28.